The molecule has 120 valence electrons. The van der Waals surface area contributed by atoms with E-state index in [1.165, 1.54) is 47.5 Å². The Labute approximate surface area is 135 Å². The van der Waals surface area contributed by atoms with Crippen LogP contribution >= 0.6 is 11.3 Å². The third kappa shape index (κ3) is 3.88. The summed E-state index contributed by atoms with van der Waals surface area (Å²) in [5.41, 5.74) is 1.30. The van der Waals surface area contributed by atoms with Crippen LogP contribution < -0.4 is 5.32 Å². The molecule has 1 fully saturated rings. The average Bonchev–Trinajstić information content (AvgIpc) is 3.19. The maximum atomic E-state index is 12.3. The largest absolute Gasteiger partial charge is 0.448 e. The van der Waals surface area contributed by atoms with E-state index in [0.717, 1.165) is 25.7 Å². The molecule has 0 spiro atoms. The summed E-state index contributed by atoms with van der Waals surface area (Å²) < 4.78 is 5.33. The zero-order chi connectivity index (χ0) is 15.5. The number of esters is 1. The Morgan fingerprint density at radius 2 is 1.95 bits per heavy atom. The van der Waals surface area contributed by atoms with E-state index >= 15 is 0 Å². The lowest BCUT2D eigenvalue weighted by molar-refractivity contribution is -0.129. The standard InChI is InChI=1S/C17H23NO3S/c1-11(16(19)18-13-8-9-13)21-17(20)15-10-12-6-4-2-3-5-7-14(12)22-15/h10-11,13H,2-9H2,1H3,(H,18,19)/t11-/m0/s1. The minimum atomic E-state index is -0.724. The van der Waals surface area contributed by atoms with Crippen molar-refractivity contribution in [2.75, 3.05) is 0 Å². The van der Waals surface area contributed by atoms with Crippen LogP contribution in [-0.2, 0) is 22.4 Å². The fourth-order valence-electron chi connectivity index (χ4n) is 2.76. The second-order valence-corrected chi connectivity index (χ2v) is 7.44. The Morgan fingerprint density at radius 1 is 1.23 bits per heavy atom. The van der Waals surface area contributed by atoms with Gasteiger partial charge in [0.05, 0.1) is 0 Å². The highest BCUT2D eigenvalue weighted by Crippen LogP contribution is 2.29. The van der Waals surface area contributed by atoms with Crippen molar-refractivity contribution in [2.45, 2.75) is 70.4 Å². The van der Waals surface area contributed by atoms with Crippen molar-refractivity contribution in [3.05, 3.63) is 21.4 Å². The fraction of sp³-hybridized carbons (Fsp3) is 0.647. The van der Waals surface area contributed by atoms with Gasteiger partial charge in [0.15, 0.2) is 6.10 Å². The van der Waals surface area contributed by atoms with Gasteiger partial charge in [-0.05, 0) is 57.1 Å². The van der Waals surface area contributed by atoms with Crippen LogP contribution in [0, 0.1) is 0 Å². The summed E-state index contributed by atoms with van der Waals surface area (Å²) in [6, 6.07) is 2.26. The molecule has 1 atom stereocenters. The molecule has 0 aromatic carbocycles. The van der Waals surface area contributed by atoms with Crippen LogP contribution in [0.5, 0.6) is 0 Å². The van der Waals surface area contributed by atoms with Crippen molar-refractivity contribution < 1.29 is 14.3 Å². The Morgan fingerprint density at radius 3 is 2.68 bits per heavy atom. The topological polar surface area (TPSA) is 55.4 Å². The highest BCUT2D eigenvalue weighted by molar-refractivity contribution is 7.14. The lowest BCUT2D eigenvalue weighted by atomic mass is 10.00. The van der Waals surface area contributed by atoms with E-state index in [2.05, 4.69) is 5.32 Å². The molecule has 0 radical (unpaired) electrons. The van der Waals surface area contributed by atoms with Gasteiger partial charge < -0.3 is 10.1 Å². The predicted molar refractivity (Wildman–Crippen MR) is 86.2 cm³/mol. The maximum absolute atomic E-state index is 12.3. The summed E-state index contributed by atoms with van der Waals surface area (Å²) in [7, 11) is 0. The molecule has 1 amide bonds. The summed E-state index contributed by atoms with van der Waals surface area (Å²) in [6.45, 7) is 1.64. The monoisotopic (exact) mass is 321 g/mol. The van der Waals surface area contributed by atoms with Gasteiger partial charge in [0.25, 0.3) is 5.91 Å². The first kappa shape index (κ1) is 15.5. The van der Waals surface area contributed by atoms with Gasteiger partial charge in [-0.25, -0.2) is 4.79 Å². The first-order valence-corrected chi connectivity index (χ1v) is 9.08. The first-order chi connectivity index (χ1) is 10.6. The second kappa shape index (κ2) is 6.82. The summed E-state index contributed by atoms with van der Waals surface area (Å²) >= 11 is 1.54. The predicted octanol–water partition coefficient (Wildman–Crippen LogP) is 3.23. The van der Waals surface area contributed by atoms with Gasteiger partial charge in [-0.3, -0.25) is 4.79 Å². The summed E-state index contributed by atoms with van der Waals surface area (Å²) in [4.78, 5) is 26.1. The number of nitrogens with one attached hydrogen (secondary N) is 1. The van der Waals surface area contributed by atoms with Crippen molar-refractivity contribution in [1.82, 2.24) is 5.32 Å². The number of thiophene rings is 1. The quantitative estimate of drug-likeness (QED) is 0.866. The van der Waals surface area contributed by atoms with Crippen molar-refractivity contribution in [3.8, 4) is 0 Å². The Hall–Kier alpha value is -1.36. The molecular weight excluding hydrogens is 298 g/mol. The molecule has 1 aromatic heterocycles. The number of aryl methyl sites for hydroxylation is 2. The van der Waals surface area contributed by atoms with Gasteiger partial charge in [0.1, 0.15) is 4.88 Å². The van der Waals surface area contributed by atoms with Gasteiger partial charge in [-0.2, -0.15) is 0 Å². The molecule has 1 N–H and O–H groups in total. The molecule has 2 aliphatic carbocycles. The van der Waals surface area contributed by atoms with Gasteiger partial charge in [0.2, 0.25) is 0 Å². The van der Waals surface area contributed by atoms with Crippen LogP contribution in [0.1, 0.15) is 65.6 Å². The summed E-state index contributed by atoms with van der Waals surface area (Å²) in [5, 5.41) is 2.86. The minimum Gasteiger partial charge on any atom is -0.448 e. The molecule has 1 saturated carbocycles. The number of carbonyl (C=O) groups is 2. The van der Waals surface area contributed by atoms with Crippen LogP contribution in [0.3, 0.4) is 0 Å². The van der Waals surface area contributed by atoms with E-state index in [0.29, 0.717) is 4.88 Å². The Balaban J connectivity index is 1.61. The summed E-state index contributed by atoms with van der Waals surface area (Å²) in [5.74, 6) is -0.555. The average molecular weight is 321 g/mol. The Kier molecular flexibility index (Phi) is 4.81. The van der Waals surface area contributed by atoms with Crippen molar-refractivity contribution >= 4 is 23.2 Å². The highest BCUT2D eigenvalue weighted by atomic mass is 32.1. The van der Waals surface area contributed by atoms with E-state index in [9.17, 15) is 9.59 Å². The molecule has 0 aliphatic heterocycles. The molecule has 5 heteroatoms. The molecule has 1 aromatic rings. The van der Waals surface area contributed by atoms with Crippen LogP contribution in [0.4, 0.5) is 0 Å². The molecule has 0 bridgehead atoms. The van der Waals surface area contributed by atoms with E-state index in [-0.39, 0.29) is 17.9 Å². The normalized spacial score (nSPS) is 19.5. The Bertz CT molecular complexity index is 537. The molecule has 2 aliphatic rings. The third-order valence-electron chi connectivity index (χ3n) is 4.27. The molecular formula is C17H23NO3S. The van der Waals surface area contributed by atoms with Crippen molar-refractivity contribution in [1.29, 1.82) is 0 Å². The van der Waals surface area contributed by atoms with E-state index < -0.39 is 6.10 Å². The number of rotatable bonds is 4. The molecule has 4 nitrogen and oxygen atoms in total. The van der Waals surface area contributed by atoms with Crippen LogP contribution in [0.2, 0.25) is 0 Å². The van der Waals surface area contributed by atoms with E-state index in [4.69, 9.17) is 4.74 Å². The van der Waals surface area contributed by atoms with Crippen molar-refractivity contribution in [2.24, 2.45) is 0 Å². The molecule has 3 rings (SSSR count). The maximum Gasteiger partial charge on any atom is 0.349 e. The number of ether oxygens (including phenoxy) is 1. The zero-order valence-electron chi connectivity index (χ0n) is 13.0. The number of carbonyl (C=O) groups excluding carboxylic acids is 2. The van der Waals surface area contributed by atoms with Crippen LogP contribution in [-0.4, -0.2) is 24.0 Å². The van der Waals surface area contributed by atoms with E-state index in [1.807, 2.05) is 6.07 Å². The lowest BCUT2D eigenvalue weighted by Gasteiger charge is -2.12. The van der Waals surface area contributed by atoms with Gasteiger partial charge in [-0.15, -0.1) is 11.3 Å². The number of fused-ring (bicyclic) bond motifs is 1. The SMILES string of the molecule is C[C@H](OC(=O)c1cc2c(s1)CCCCCC2)C(=O)NC1CC1. The number of amides is 1. The molecule has 22 heavy (non-hydrogen) atoms. The highest BCUT2D eigenvalue weighted by Gasteiger charge is 2.28. The molecule has 0 unspecified atom stereocenters. The van der Waals surface area contributed by atoms with Gasteiger partial charge >= 0.3 is 5.97 Å². The third-order valence-corrected chi connectivity index (χ3v) is 5.49. The first-order valence-electron chi connectivity index (χ1n) is 8.26. The molecule has 1 heterocycles. The smallest absolute Gasteiger partial charge is 0.349 e. The van der Waals surface area contributed by atoms with Crippen LogP contribution in [0.15, 0.2) is 6.07 Å². The summed E-state index contributed by atoms with van der Waals surface area (Å²) in [6.07, 6.45) is 8.39. The fourth-order valence-corrected chi connectivity index (χ4v) is 3.90. The lowest BCUT2D eigenvalue weighted by Crippen LogP contribution is -2.36. The van der Waals surface area contributed by atoms with Gasteiger partial charge in [0, 0.05) is 10.9 Å². The van der Waals surface area contributed by atoms with E-state index in [1.54, 1.807) is 6.92 Å². The number of hydrogen-bond acceptors (Lipinski definition) is 4. The van der Waals surface area contributed by atoms with Gasteiger partial charge in [-0.1, -0.05) is 12.8 Å². The zero-order valence-corrected chi connectivity index (χ0v) is 13.8. The number of hydrogen-bond donors (Lipinski definition) is 1. The van der Waals surface area contributed by atoms with Crippen molar-refractivity contribution in [3.63, 3.8) is 0 Å². The second-order valence-electron chi connectivity index (χ2n) is 6.30. The minimum absolute atomic E-state index is 0.189. The molecule has 0 saturated heterocycles. The van der Waals surface area contributed by atoms with Crippen LogP contribution in [0.25, 0.3) is 0 Å².